The molecule has 81 heavy (non-hydrogen) atoms. The lowest BCUT2D eigenvalue weighted by atomic mass is 9.78. The van der Waals surface area contributed by atoms with E-state index < -0.39 is 17.2 Å². The van der Waals surface area contributed by atoms with E-state index >= 15 is 0 Å². The molecule has 0 amide bonds. The number of rotatable bonds is 14. The van der Waals surface area contributed by atoms with E-state index in [-0.39, 0.29) is 43.3 Å². The van der Waals surface area contributed by atoms with E-state index in [0.717, 1.165) is 77.3 Å². The molecule has 6 aromatic rings. The summed E-state index contributed by atoms with van der Waals surface area (Å²) < 4.78 is 43.0. The van der Waals surface area contributed by atoms with Crippen LogP contribution >= 0.6 is 29.0 Å². The Kier molecular flexibility index (Phi) is 19.2. The summed E-state index contributed by atoms with van der Waals surface area (Å²) in [5.41, 5.74) is 12.0. The highest BCUT2D eigenvalue weighted by Crippen LogP contribution is 2.55. The molecule has 0 N–H and O–H groups in total. The van der Waals surface area contributed by atoms with Gasteiger partial charge in [0.25, 0.3) is 0 Å². The molecule has 0 aliphatic rings. The molecule has 0 aliphatic heterocycles. The van der Waals surface area contributed by atoms with E-state index in [9.17, 15) is 0 Å². The maximum absolute atomic E-state index is 7.27. The molecule has 9 heteroatoms. The van der Waals surface area contributed by atoms with Gasteiger partial charge in [-0.25, -0.2) is 0 Å². The van der Waals surface area contributed by atoms with Crippen molar-refractivity contribution in [2.75, 3.05) is 0 Å². The molecule has 0 atom stereocenters. The van der Waals surface area contributed by atoms with Crippen LogP contribution in [0.5, 0.6) is 34.5 Å². The summed E-state index contributed by atoms with van der Waals surface area (Å²) in [6, 6.07) is 34.5. The zero-order valence-electron chi connectivity index (χ0n) is 55.0. The molecule has 0 bridgehead atoms. The van der Waals surface area contributed by atoms with E-state index in [4.69, 9.17) is 27.1 Å². The molecule has 0 unspecified atom stereocenters. The highest BCUT2D eigenvalue weighted by Gasteiger charge is 2.38. The molecule has 6 rings (SSSR count). The summed E-state index contributed by atoms with van der Waals surface area (Å²) in [5.74, 6) is 4.58. The smallest absolute Gasteiger partial charge is 0.409 e. The topological polar surface area (TPSA) is 55.4 Å². The second-order valence-electron chi connectivity index (χ2n) is 30.8. The van der Waals surface area contributed by atoms with Gasteiger partial charge in [-0.15, -0.1) is 0 Å². The van der Waals surface area contributed by atoms with Gasteiger partial charge in [-0.1, -0.05) is 249 Å². The van der Waals surface area contributed by atoms with Crippen molar-refractivity contribution >= 4 is 29.0 Å². The van der Waals surface area contributed by atoms with Crippen LogP contribution in [0.15, 0.2) is 107 Å². The van der Waals surface area contributed by atoms with Crippen LogP contribution in [0.25, 0.3) is 0 Å². The van der Waals surface area contributed by atoms with E-state index in [0.29, 0.717) is 11.5 Å². The predicted molar refractivity (Wildman–Crippen MR) is 349 cm³/mol. The van der Waals surface area contributed by atoms with Gasteiger partial charge >= 0.3 is 17.2 Å². The Hall–Kier alpha value is -4.67. The van der Waals surface area contributed by atoms with E-state index in [1.165, 1.54) is 22.3 Å². The first-order valence-corrected chi connectivity index (χ1v) is 32.0. The van der Waals surface area contributed by atoms with Crippen LogP contribution in [0, 0.1) is 27.7 Å². The lowest BCUT2D eigenvalue weighted by molar-refractivity contribution is 0.364. The zero-order valence-corrected chi connectivity index (χ0v) is 57.6. The van der Waals surface area contributed by atoms with E-state index in [1.807, 2.05) is 24.3 Å². The molecule has 0 spiro atoms. The van der Waals surface area contributed by atoms with Crippen molar-refractivity contribution in [1.82, 2.24) is 0 Å². The lowest BCUT2D eigenvalue weighted by Crippen LogP contribution is -2.22. The Bertz CT molecular complexity index is 2650. The first kappa shape index (κ1) is 65.5. The van der Waals surface area contributed by atoms with Crippen LogP contribution in [0.2, 0.25) is 0 Å². The normalized spacial score (nSPS) is 13.2. The Morgan fingerprint density at radius 3 is 0.556 bits per heavy atom. The van der Waals surface area contributed by atoms with Crippen molar-refractivity contribution in [2.24, 2.45) is 0 Å². The fourth-order valence-electron chi connectivity index (χ4n) is 9.80. The van der Waals surface area contributed by atoms with Crippen LogP contribution in [-0.4, -0.2) is 0 Å². The van der Waals surface area contributed by atoms with Gasteiger partial charge in [-0.3, -0.25) is 0 Å². The summed E-state index contributed by atoms with van der Waals surface area (Å²) in [6.07, 6.45) is 0. The second-order valence-corrected chi connectivity index (χ2v) is 33.9. The minimum Gasteiger partial charge on any atom is -0.409 e. The molecular formula is C72H100O6P2S. The summed E-state index contributed by atoms with van der Waals surface area (Å²) >= 11 is 1.67. The summed E-state index contributed by atoms with van der Waals surface area (Å²) in [5, 5.41) is 0. The number of benzene rings is 6. The molecule has 0 fully saturated rings. The van der Waals surface area contributed by atoms with Gasteiger partial charge in [-0.2, -0.15) is 0 Å². The molecular weight excluding hydrogens is 1050 g/mol. The highest BCUT2D eigenvalue weighted by molar-refractivity contribution is 7.99. The van der Waals surface area contributed by atoms with E-state index in [1.54, 1.807) is 11.8 Å². The minimum atomic E-state index is -2.04. The fraction of sp³-hybridized carbons (Fsp3) is 0.500. The Morgan fingerprint density at radius 1 is 0.247 bits per heavy atom. The van der Waals surface area contributed by atoms with Crippen molar-refractivity contribution in [3.8, 4) is 34.5 Å². The number of hydrogen-bond acceptors (Lipinski definition) is 7. The highest BCUT2D eigenvalue weighted by atomic mass is 32.2. The van der Waals surface area contributed by atoms with Crippen LogP contribution in [0.4, 0.5) is 0 Å². The van der Waals surface area contributed by atoms with E-state index in [2.05, 4.69) is 267 Å². The summed E-state index contributed by atoms with van der Waals surface area (Å²) in [6.45, 7) is 62.5. The summed E-state index contributed by atoms with van der Waals surface area (Å²) in [7, 11) is -4.08. The molecule has 0 saturated carbocycles. The van der Waals surface area contributed by atoms with Gasteiger partial charge in [0.05, 0.1) is 0 Å². The van der Waals surface area contributed by atoms with Crippen LogP contribution in [0.3, 0.4) is 0 Å². The molecule has 0 heterocycles. The monoisotopic (exact) mass is 1150 g/mol. The molecule has 0 aromatic heterocycles. The Balaban J connectivity index is 1.37. The predicted octanol–water partition coefficient (Wildman–Crippen LogP) is 23.0. The molecule has 0 radical (unpaired) electrons. The Morgan fingerprint density at radius 2 is 0.407 bits per heavy atom. The largest absolute Gasteiger partial charge is 0.530 e. The molecule has 0 aliphatic carbocycles. The third-order valence-corrected chi connectivity index (χ3v) is 17.4. The van der Waals surface area contributed by atoms with Crippen molar-refractivity contribution in [2.45, 2.75) is 247 Å². The van der Waals surface area contributed by atoms with Gasteiger partial charge in [0.2, 0.25) is 0 Å². The number of aryl methyl sites for hydroxylation is 4. The van der Waals surface area contributed by atoms with Gasteiger partial charge < -0.3 is 27.1 Å². The summed E-state index contributed by atoms with van der Waals surface area (Å²) in [4.78, 5) is 2.10. The standard InChI is InChI=1S/C72H100O6P2S/c1-45-37-53(65(5,6)7)61(54(38-45)66(8,9)10)75-79(76-62-55(67(11,12)13)39-46(2)40-56(62)68(14,15)16)73-49-29-33-51(34-30-49)81-52-35-31-50(32-36-52)74-80(77-63-57(69(17,18)19)41-47(3)42-58(63)70(20,21)22)78-64-59(71(23,24)25)43-48(4)44-60(64)72(26,27)28/h29-44H,1-28H3. The third-order valence-electron chi connectivity index (χ3n) is 14.3. The molecule has 6 aromatic carbocycles. The van der Waals surface area contributed by atoms with Gasteiger partial charge in [0.15, 0.2) is 0 Å². The lowest BCUT2D eigenvalue weighted by Gasteiger charge is -2.33. The zero-order chi connectivity index (χ0) is 61.0. The average molecular weight is 1160 g/mol. The SMILES string of the molecule is Cc1cc(C(C)(C)C)c(OP(Oc2ccc(Sc3ccc(OP(Oc4c(C(C)(C)C)cc(C)cc4C(C)(C)C)Oc4c(C(C)(C)C)cc(C)cc4C(C)(C)C)cc3)cc2)Oc2c(C(C)(C)C)cc(C)cc2C(C)(C)C)c(C(C)(C)C)c1. The Labute approximate surface area is 498 Å². The van der Waals surface area contributed by atoms with Crippen LogP contribution in [-0.2, 0) is 43.3 Å². The molecule has 6 nitrogen and oxygen atoms in total. The van der Waals surface area contributed by atoms with Crippen molar-refractivity contribution in [3.63, 3.8) is 0 Å². The maximum atomic E-state index is 7.27. The molecule has 0 saturated heterocycles. The second kappa shape index (κ2) is 23.8. The average Bonchev–Trinajstić information content (AvgIpc) is 3.29. The number of hydrogen-bond donors (Lipinski definition) is 0. The minimum absolute atomic E-state index is 0.214. The van der Waals surface area contributed by atoms with Crippen molar-refractivity contribution in [1.29, 1.82) is 0 Å². The van der Waals surface area contributed by atoms with Crippen LogP contribution < -0.4 is 27.1 Å². The van der Waals surface area contributed by atoms with Gasteiger partial charge in [0.1, 0.15) is 34.5 Å². The fourth-order valence-corrected chi connectivity index (χ4v) is 12.8. The van der Waals surface area contributed by atoms with Gasteiger partial charge in [0, 0.05) is 54.3 Å². The molecule has 440 valence electrons. The first-order chi connectivity index (χ1) is 36.8. The van der Waals surface area contributed by atoms with Gasteiger partial charge in [-0.05, 0) is 120 Å². The van der Waals surface area contributed by atoms with Crippen LogP contribution in [0.1, 0.15) is 233 Å². The third kappa shape index (κ3) is 16.8. The first-order valence-electron chi connectivity index (χ1n) is 29.0. The van der Waals surface area contributed by atoms with Crippen molar-refractivity contribution in [3.05, 3.63) is 164 Å². The van der Waals surface area contributed by atoms with Crippen molar-refractivity contribution < 1.29 is 27.1 Å². The maximum Gasteiger partial charge on any atom is 0.530 e. The quantitative estimate of drug-likeness (QED) is 0.101.